The Balaban J connectivity index is 1.24. The van der Waals surface area contributed by atoms with Crippen molar-refractivity contribution in [3.8, 4) is 0 Å². The number of rotatable bonds is 8. The number of hydrogen-bond donors (Lipinski definition) is 3. The van der Waals surface area contributed by atoms with Crippen molar-refractivity contribution in [3.05, 3.63) is 23.0 Å². The summed E-state index contributed by atoms with van der Waals surface area (Å²) in [6.07, 6.45) is 9.02. The average Bonchev–Trinajstić information content (AvgIpc) is 3.40. The third-order valence-electron chi connectivity index (χ3n) is 9.19. The molecule has 5 aliphatic rings. The SMILES string of the molecule is CNC1C(CN)=CC(C(=O)NC2CCN(CCN3CCCC3)CC2)=C(N2CCC3(CC2)COC3)N1C. The molecule has 36 heavy (non-hydrogen) atoms. The van der Waals surface area contributed by atoms with E-state index in [-0.39, 0.29) is 18.1 Å². The van der Waals surface area contributed by atoms with E-state index in [1.54, 1.807) is 0 Å². The minimum Gasteiger partial charge on any atom is -0.380 e. The summed E-state index contributed by atoms with van der Waals surface area (Å²) in [5.41, 5.74) is 8.30. The smallest absolute Gasteiger partial charge is 0.255 e. The topological polar surface area (TPSA) is 89.3 Å². The molecule has 4 saturated heterocycles. The zero-order valence-electron chi connectivity index (χ0n) is 22.4. The van der Waals surface area contributed by atoms with Gasteiger partial charge >= 0.3 is 0 Å². The van der Waals surface area contributed by atoms with Gasteiger partial charge in [-0.2, -0.15) is 0 Å². The van der Waals surface area contributed by atoms with Crippen molar-refractivity contribution in [1.29, 1.82) is 0 Å². The second kappa shape index (κ2) is 11.4. The zero-order valence-corrected chi connectivity index (χ0v) is 22.4. The fourth-order valence-corrected chi connectivity index (χ4v) is 6.73. The van der Waals surface area contributed by atoms with Crippen molar-refractivity contribution in [2.45, 2.75) is 50.7 Å². The van der Waals surface area contributed by atoms with Crippen LogP contribution >= 0.6 is 0 Å². The molecule has 0 aliphatic carbocycles. The van der Waals surface area contributed by atoms with Crippen LogP contribution in [0.2, 0.25) is 0 Å². The lowest BCUT2D eigenvalue weighted by atomic mass is 9.76. The maximum atomic E-state index is 13.7. The van der Waals surface area contributed by atoms with E-state index >= 15 is 0 Å². The van der Waals surface area contributed by atoms with Gasteiger partial charge in [0.1, 0.15) is 12.0 Å². The molecule has 202 valence electrons. The molecular weight excluding hydrogens is 454 g/mol. The molecule has 5 rings (SSSR count). The van der Waals surface area contributed by atoms with Crippen LogP contribution in [0, 0.1) is 5.41 Å². The predicted molar refractivity (Wildman–Crippen MR) is 142 cm³/mol. The number of hydrogen-bond acceptors (Lipinski definition) is 8. The Bertz CT molecular complexity index is 831. The highest BCUT2D eigenvalue weighted by atomic mass is 16.5. The first kappa shape index (κ1) is 26.0. The predicted octanol–water partition coefficient (Wildman–Crippen LogP) is 0.363. The molecule has 5 heterocycles. The summed E-state index contributed by atoms with van der Waals surface area (Å²) >= 11 is 0. The Morgan fingerprint density at radius 3 is 2.25 bits per heavy atom. The van der Waals surface area contributed by atoms with E-state index in [0.29, 0.717) is 12.0 Å². The van der Waals surface area contributed by atoms with Gasteiger partial charge in [-0.15, -0.1) is 0 Å². The van der Waals surface area contributed by atoms with E-state index in [4.69, 9.17) is 10.5 Å². The molecule has 0 aromatic heterocycles. The molecule has 0 saturated carbocycles. The second-order valence-corrected chi connectivity index (χ2v) is 11.6. The van der Waals surface area contributed by atoms with Crippen LogP contribution in [-0.4, -0.2) is 124 Å². The number of amides is 1. The zero-order chi connectivity index (χ0) is 25.1. The maximum absolute atomic E-state index is 13.7. The van der Waals surface area contributed by atoms with E-state index in [0.717, 1.165) is 88.6 Å². The molecule has 0 bridgehead atoms. The Hall–Kier alpha value is -1.65. The van der Waals surface area contributed by atoms with Gasteiger partial charge in [0.25, 0.3) is 5.91 Å². The highest BCUT2D eigenvalue weighted by Gasteiger charge is 2.43. The van der Waals surface area contributed by atoms with Gasteiger partial charge in [0.2, 0.25) is 0 Å². The molecule has 0 radical (unpaired) electrons. The molecule has 9 nitrogen and oxygen atoms in total. The highest BCUT2D eigenvalue weighted by molar-refractivity contribution is 5.97. The summed E-state index contributed by atoms with van der Waals surface area (Å²) in [5, 5.41) is 6.80. The summed E-state index contributed by atoms with van der Waals surface area (Å²) in [4.78, 5) is 23.5. The number of nitrogens with two attached hydrogens (primary N) is 1. The van der Waals surface area contributed by atoms with Gasteiger partial charge in [-0.05, 0) is 70.3 Å². The van der Waals surface area contributed by atoms with Gasteiger partial charge in [0, 0.05) is 64.3 Å². The number of likely N-dealkylation sites (N-methyl/N-ethyl adjacent to an activating group) is 2. The van der Waals surface area contributed by atoms with Gasteiger partial charge in [-0.3, -0.25) is 10.1 Å². The third kappa shape index (κ3) is 5.45. The molecule has 1 spiro atoms. The molecule has 9 heteroatoms. The highest BCUT2D eigenvalue weighted by Crippen LogP contribution is 2.40. The van der Waals surface area contributed by atoms with Crippen LogP contribution in [0.15, 0.2) is 23.0 Å². The lowest BCUT2D eigenvalue weighted by molar-refractivity contribution is -0.139. The van der Waals surface area contributed by atoms with Crippen molar-refractivity contribution < 1.29 is 9.53 Å². The van der Waals surface area contributed by atoms with Crippen LogP contribution in [0.3, 0.4) is 0 Å². The molecular formula is C27H47N7O2. The molecule has 0 aromatic carbocycles. The second-order valence-electron chi connectivity index (χ2n) is 11.6. The largest absolute Gasteiger partial charge is 0.380 e. The summed E-state index contributed by atoms with van der Waals surface area (Å²) in [6.45, 7) is 11.1. The van der Waals surface area contributed by atoms with Crippen molar-refractivity contribution in [3.63, 3.8) is 0 Å². The number of carbonyl (C=O) groups is 1. The molecule has 4 N–H and O–H groups in total. The van der Waals surface area contributed by atoms with Crippen LogP contribution < -0.4 is 16.4 Å². The van der Waals surface area contributed by atoms with Gasteiger partial charge in [-0.25, -0.2) is 0 Å². The maximum Gasteiger partial charge on any atom is 0.255 e. The summed E-state index contributed by atoms with van der Waals surface area (Å²) in [5.74, 6) is 1.07. The van der Waals surface area contributed by atoms with Crippen LogP contribution in [0.25, 0.3) is 0 Å². The normalized spacial score (nSPS) is 28.0. The van der Waals surface area contributed by atoms with Gasteiger partial charge in [0.15, 0.2) is 0 Å². The lowest BCUT2D eigenvalue weighted by Crippen LogP contribution is -2.56. The number of piperidine rings is 2. The third-order valence-corrected chi connectivity index (χ3v) is 9.19. The average molecular weight is 502 g/mol. The van der Waals surface area contributed by atoms with Crippen LogP contribution in [0.5, 0.6) is 0 Å². The molecule has 0 aromatic rings. The molecule has 4 fully saturated rings. The standard InChI is InChI=1S/C27H47N7O2/c1-29-24-21(18-28)17-23(26(31(24)2)34-13-7-27(8-14-34)19-36-20-27)25(35)30-22-5-11-33(12-6-22)16-15-32-9-3-4-10-32/h17,22,24,29H,3-16,18-20,28H2,1-2H3,(H,30,35). The Labute approximate surface area is 217 Å². The van der Waals surface area contributed by atoms with E-state index in [1.165, 1.54) is 32.5 Å². The Morgan fingerprint density at radius 1 is 1.06 bits per heavy atom. The monoisotopic (exact) mass is 501 g/mol. The van der Waals surface area contributed by atoms with Crippen molar-refractivity contribution in [2.24, 2.45) is 11.1 Å². The van der Waals surface area contributed by atoms with E-state index in [1.807, 2.05) is 13.1 Å². The summed E-state index contributed by atoms with van der Waals surface area (Å²) in [6, 6.07) is 0.230. The minimum absolute atomic E-state index is 0.00307. The number of nitrogens with one attached hydrogen (secondary N) is 2. The van der Waals surface area contributed by atoms with Gasteiger partial charge in [0.05, 0.1) is 18.8 Å². The first-order chi connectivity index (χ1) is 17.5. The fourth-order valence-electron chi connectivity index (χ4n) is 6.73. The van der Waals surface area contributed by atoms with Crippen LogP contribution in [-0.2, 0) is 9.53 Å². The first-order valence-corrected chi connectivity index (χ1v) is 14.1. The van der Waals surface area contributed by atoms with Crippen molar-refractivity contribution in [1.82, 2.24) is 30.2 Å². The van der Waals surface area contributed by atoms with Gasteiger partial charge < -0.3 is 35.4 Å². The first-order valence-electron chi connectivity index (χ1n) is 14.1. The molecule has 1 unspecified atom stereocenters. The van der Waals surface area contributed by atoms with E-state index < -0.39 is 0 Å². The van der Waals surface area contributed by atoms with Crippen molar-refractivity contribution in [2.75, 3.05) is 86.2 Å². The summed E-state index contributed by atoms with van der Waals surface area (Å²) < 4.78 is 5.53. The molecule has 1 atom stereocenters. The lowest BCUT2D eigenvalue weighted by Gasteiger charge is -2.50. The van der Waals surface area contributed by atoms with Crippen LogP contribution in [0.1, 0.15) is 38.5 Å². The minimum atomic E-state index is 0.00307. The van der Waals surface area contributed by atoms with E-state index in [9.17, 15) is 4.79 Å². The Kier molecular flexibility index (Phi) is 8.22. The number of carbonyl (C=O) groups excluding carboxylic acids is 1. The van der Waals surface area contributed by atoms with Crippen molar-refractivity contribution >= 4 is 5.91 Å². The number of likely N-dealkylation sites (tertiary alicyclic amines) is 3. The van der Waals surface area contributed by atoms with Crippen LogP contribution in [0.4, 0.5) is 0 Å². The molecule has 1 amide bonds. The number of ether oxygens (including phenoxy) is 1. The quantitative estimate of drug-likeness (QED) is 0.440. The van der Waals surface area contributed by atoms with E-state index in [2.05, 4.69) is 37.3 Å². The Morgan fingerprint density at radius 2 is 1.69 bits per heavy atom. The fraction of sp³-hybridized carbons (Fsp3) is 0.815. The molecule has 5 aliphatic heterocycles. The number of nitrogens with zero attached hydrogens (tertiary/aromatic N) is 4. The van der Waals surface area contributed by atoms with Gasteiger partial charge in [-0.1, -0.05) is 0 Å². The summed E-state index contributed by atoms with van der Waals surface area (Å²) in [7, 11) is 4.05.